The minimum Gasteiger partial charge on any atom is -0.376 e. The van der Waals surface area contributed by atoms with Gasteiger partial charge < -0.3 is 4.74 Å². The van der Waals surface area contributed by atoms with E-state index < -0.39 is 0 Å². The van der Waals surface area contributed by atoms with Crippen LogP contribution in [0.25, 0.3) is 0 Å². The van der Waals surface area contributed by atoms with Gasteiger partial charge in [0.15, 0.2) is 0 Å². The highest BCUT2D eigenvalue weighted by atomic mass is 35.5. The van der Waals surface area contributed by atoms with Crippen LogP contribution < -0.4 is 0 Å². The molecule has 0 heterocycles. The zero-order valence-electron chi connectivity index (χ0n) is 5.36. The van der Waals surface area contributed by atoms with Crippen molar-refractivity contribution in [2.24, 2.45) is 5.92 Å². The van der Waals surface area contributed by atoms with Gasteiger partial charge in [0, 0.05) is 5.88 Å². The predicted molar refractivity (Wildman–Crippen MR) is 35.8 cm³/mol. The summed E-state index contributed by atoms with van der Waals surface area (Å²) in [6.45, 7) is 6.33. The summed E-state index contributed by atoms with van der Waals surface area (Å²) < 4.78 is 4.98. The lowest BCUT2D eigenvalue weighted by Crippen LogP contribution is -2.04. The molecule has 0 aliphatic heterocycles. The third kappa shape index (κ3) is 4.41. The van der Waals surface area contributed by atoms with Gasteiger partial charge in [-0.25, -0.2) is 0 Å². The first-order valence-corrected chi connectivity index (χ1v) is 3.30. The Morgan fingerprint density at radius 3 is 2.75 bits per heavy atom. The topological polar surface area (TPSA) is 9.23 Å². The second-order valence-corrected chi connectivity index (χ2v) is 2.14. The Morgan fingerprint density at radius 1 is 1.75 bits per heavy atom. The largest absolute Gasteiger partial charge is 0.376 e. The molecule has 0 amide bonds. The molecule has 1 unspecified atom stereocenters. The summed E-state index contributed by atoms with van der Waals surface area (Å²) in [5.41, 5.74) is 0. The molecule has 0 aliphatic rings. The summed E-state index contributed by atoms with van der Waals surface area (Å²) in [6, 6.07) is 0. The molecule has 0 aromatic heterocycles. The van der Waals surface area contributed by atoms with E-state index in [2.05, 4.69) is 6.92 Å². The molecule has 1 atom stereocenters. The Bertz CT molecular complexity index is 47.8. The Labute approximate surface area is 56.0 Å². The van der Waals surface area contributed by atoms with E-state index in [0.29, 0.717) is 11.8 Å². The minimum absolute atomic E-state index is 0.466. The molecule has 0 N–H and O–H groups in total. The molecule has 1 radical (unpaired) electrons. The van der Waals surface area contributed by atoms with Crippen LogP contribution in [0.1, 0.15) is 13.8 Å². The third-order valence-corrected chi connectivity index (χ3v) is 1.34. The van der Waals surface area contributed by atoms with Crippen molar-refractivity contribution < 1.29 is 4.74 Å². The number of rotatable bonds is 4. The van der Waals surface area contributed by atoms with E-state index in [-0.39, 0.29) is 0 Å². The first-order chi connectivity index (χ1) is 3.81. The van der Waals surface area contributed by atoms with Crippen LogP contribution in [0.5, 0.6) is 0 Å². The van der Waals surface area contributed by atoms with Gasteiger partial charge in [0.2, 0.25) is 0 Å². The first-order valence-electron chi connectivity index (χ1n) is 2.76. The molecule has 0 fully saturated rings. The van der Waals surface area contributed by atoms with Crippen LogP contribution in [0.4, 0.5) is 0 Å². The van der Waals surface area contributed by atoms with Crippen molar-refractivity contribution in [1.29, 1.82) is 0 Å². The zero-order valence-corrected chi connectivity index (χ0v) is 6.11. The molecule has 49 valence electrons. The molecule has 0 aromatic rings. The second-order valence-electron chi connectivity index (χ2n) is 1.83. The van der Waals surface area contributed by atoms with Gasteiger partial charge in [-0.15, -0.1) is 11.6 Å². The van der Waals surface area contributed by atoms with Crippen LogP contribution in [0.2, 0.25) is 0 Å². The van der Waals surface area contributed by atoms with Gasteiger partial charge in [-0.05, 0) is 12.8 Å². The lowest BCUT2D eigenvalue weighted by Gasteiger charge is -2.04. The Morgan fingerprint density at radius 2 is 2.38 bits per heavy atom. The third-order valence-electron chi connectivity index (χ3n) is 0.811. The predicted octanol–water partition coefficient (Wildman–Crippen LogP) is 2.06. The van der Waals surface area contributed by atoms with Crippen LogP contribution in [-0.4, -0.2) is 12.5 Å². The van der Waals surface area contributed by atoms with Gasteiger partial charge in [-0.1, -0.05) is 6.92 Å². The highest BCUT2D eigenvalue weighted by Gasteiger charge is 1.96. The molecule has 0 saturated carbocycles. The average Bonchev–Trinajstić information content (AvgIpc) is 1.83. The lowest BCUT2D eigenvalue weighted by molar-refractivity contribution is 0.173. The fourth-order valence-corrected chi connectivity index (χ4v) is 0.394. The molecule has 0 rings (SSSR count). The molecular weight excluding hydrogens is 124 g/mol. The van der Waals surface area contributed by atoms with Gasteiger partial charge in [-0.3, -0.25) is 0 Å². The molecule has 1 nitrogen and oxygen atoms in total. The van der Waals surface area contributed by atoms with Crippen molar-refractivity contribution in [3.63, 3.8) is 0 Å². The summed E-state index contributed by atoms with van der Waals surface area (Å²) in [4.78, 5) is 0. The normalized spacial score (nSPS) is 13.9. The fourth-order valence-electron chi connectivity index (χ4n) is 0.305. The van der Waals surface area contributed by atoms with Gasteiger partial charge in [0.1, 0.15) is 0 Å². The van der Waals surface area contributed by atoms with Crippen molar-refractivity contribution in [3.8, 4) is 0 Å². The van der Waals surface area contributed by atoms with Gasteiger partial charge in [0.25, 0.3) is 0 Å². The van der Waals surface area contributed by atoms with E-state index in [1.54, 1.807) is 6.61 Å². The maximum absolute atomic E-state index is 5.49. The quantitative estimate of drug-likeness (QED) is 0.537. The van der Waals surface area contributed by atoms with E-state index in [1.807, 2.05) is 6.92 Å². The highest BCUT2D eigenvalue weighted by Crippen LogP contribution is 1.98. The van der Waals surface area contributed by atoms with Crippen LogP contribution >= 0.6 is 11.6 Å². The monoisotopic (exact) mass is 135 g/mol. The molecule has 0 aromatic carbocycles. The standard InChI is InChI=1S/C6H12ClO/c1-3-8-5-6(2)4-7/h3,6H,4-5H2,1-2H3. The van der Waals surface area contributed by atoms with Gasteiger partial charge in [0.05, 0.1) is 13.2 Å². The summed E-state index contributed by atoms with van der Waals surface area (Å²) in [6.07, 6.45) is 0. The molecule has 8 heavy (non-hydrogen) atoms. The van der Waals surface area contributed by atoms with E-state index >= 15 is 0 Å². The molecule has 0 saturated heterocycles. The molecule has 2 heteroatoms. The first kappa shape index (κ1) is 8.25. The Balaban J connectivity index is 2.86. The van der Waals surface area contributed by atoms with Gasteiger partial charge in [-0.2, -0.15) is 0 Å². The van der Waals surface area contributed by atoms with E-state index in [9.17, 15) is 0 Å². The Kier molecular flexibility index (Phi) is 5.56. The molecule has 0 aliphatic carbocycles. The Hall–Kier alpha value is 0.250. The van der Waals surface area contributed by atoms with Crippen molar-refractivity contribution >= 4 is 11.6 Å². The molecule has 0 bridgehead atoms. The maximum atomic E-state index is 5.49. The average molecular weight is 136 g/mol. The van der Waals surface area contributed by atoms with E-state index in [4.69, 9.17) is 16.3 Å². The summed E-state index contributed by atoms with van der Waals surface area (Å²) in [5.74, 6) is 1.14. The van der Waals surface area contributed by atoms with Crippen LogP contribution in [0.3, 0.4) is 0 Å². The fraction of sp³-hybridized carbons (Fsp3) is 0.833. The molecule has 0 spiro atoms. The maximum Gasteiger partial charge on any atom is 0.0806 e. The van der Waals surface area contributed by atoms with Crippen molar-refractivity contribution in [3.05, 3.63) is 6.61 Å². The minimum atomic E-state index is 0.466. The lowest BCUT2D eigenvalue weighted by atomic mass is 10.2. The van der Waals surface area contributed by atoms with Gasteiger partial charge >= 0.3 is 0 Å². The van der Waals surface area contributed by atoms with E-state index in [0.717, 1.165) is 6.61 Å². The number of alkyl halides is 1. The van der Waals surface area contributed by atoms with Crippen LogP contribution in [0.15, 0.2) is 0 Å². The van der Waals surface area contributed by atoms with Crippen molar-refractivity contribution in [2.45, 2.75) is 13.8 Å². The van der Waals surface area contributed by atoms with Crippen molar-refractivity contribution in [1.82, 2.24) is 0 Å². The highest BCUT2D eigenvalue weighted by molar-refractivity contribution is 6.18. The number of hydrogen-bond donors (Lipinski definition) is 0. The summed E-state index contributed by atoms with van der Waals surface area (Å²) >= 11 is 5.49. The summed E-state index contributed by atoms with van der Waals surface area (Å²) in [7, 11) is 0. The number of hydrogen-bond acceptors (Lipinski definition) is 1. The zero-order chi connectivity index (χ0) is 6.41. The SMILES string of the molecule is C[CH]OCC(C)CCl. The smallest absolute Gasteiger partial charge is 0.0806 e. The number of ether oxygens (including phenoxy) is 1. The van der Waals surface area contributed by atoms with Crippen LogP contribution in [0, 0.1) is 12.5 Å². The van der Waals surface area contributed by atoms with Crippen LogP contribution in [-0.2, 0) is 4.74 Å². The number of halogens is 1. The summed E-state index contributed by atoms with van der Waals surface area (Å²) in [5, 5.41) is 0. The van der Waals surface area contributed by atoms with Crippen molar-refractivity contribution in [2.75, 3.05) is 12.5 Å². The second kappa shape index (κ2) is 5.39. The molecular formula is C6H12ClO. The van der Waals surface area contributed by atoms with E-state index in [1.165, 1.54) is 0 Å².